The highest BCUT2D eigenvalue weighted by Gasteiger charge is 2.24. The second-order valence-corrected chi connectivity index (χ2v) is 6.18. The number of alkyl carbamates (subject to hydrolysis) is 1. The Balaban J connectivity index is 2.55. The minimum absolute atomic E-state index is 0.0408. The summed E-state index contributed by atoms with van der Waals surface area (Å²) in [4.78, 5) is 28.5. The molecule has 2 rings (SSSR count). The molecule has 25 heavy (non-hydrogen) atoms. The predicted molar refractivity (Wildman–Crippen MR) is 92.4 cm³/mol. The number of ether oxygens (including phenoxy) is 2. The number of nitrogens with one attached hydrogen (secondary N) is 1. The molecule has 0 aliphatic heterocycles. The Labute approximate surface area is 146 Å². The smallest absolute Gasteiger partial charge is 0.412 e. The van der Waals surface area contributed by atoms with Crippen molar-refractivity contribution < 1.29 is 19.1 Å². The van der Waals surface area contributed by atoms with Crippen LogP contribution < -0.4 is 5.32 Å². The first-order valence-electron chi connectivity index (χ1n) is 7.68. The summed E-state index contributed by atoms with van der Waals surface area (Å²) >= 11 is 0. The summed E-state index contributed by atoms with van der Waals surface area (Å²) in [5.74, 6) is -0.696. The zero-order valence-electron chi connectivity index (χ0n) is 14.6. The van der Waals surface area contributed by atoms with Gasteiger partial charge in [-0.25, -0.2) is 14.6 Å². The zero-order valence-corrected chi connectivity index (χ0v) is 14.6. The van der Waals surface area contributed by atoms with Gasteiger partial charge in [-0.3, -0.25) is 5.32 Å². The molecule has 0 atom stereocenters. The molecule has 1 aromatic heterocycles. The molecule has 0 spiro atoms. The van der Waals surface area contributed by atoms with Crippen LogP contribution in [-0.4, -0.2) is 34.3 Å². The highest BCUT2D eigenvalue weighted by molar-refractivity contribution is 6.00. The molecule has 1 amide bonds. The second kappa shape index (κ2) is 7.65. The van der Waals surface area contributed by atoms with E-state index in [4.69, 9.17) is 9.47 Å². The number of hydrogen-bond acceptors (Lipinski definition) is 5. The molecule has 0 bridgehead atoms. The average molecular weight is 343 g/mol. The summed E-state index contributed by atoms with van der Waals surface area (Å²) in [6.45, 7) is 5.21. The highest BCUT2D eigenvalue weighted by Crippen LogP contribution is 2.21. The summed E-state index contributed by atoms with van der Waals surface area (Å²) in [5, 5.41) is 2.51. The third kappa shape index (κ3) is 4.94. The number of amides is 1. The van der Waals surface area contributed by atoms with Crippen molar-refractivity contribution in [3.63, 3.8) is 0 Å². The van der Waals surface area contributed by atoms with Gasteiger partial charge < -0.3 is 14.0 Å². The van der Waals surface area contributed by atoms with Crippen LogP contribution in [0.4, 0.5) is 4.79 Å². The summed E-state index contributed by atoms with van der Waals surface area (Å²) in [6, 6.07) is 9.14. The number of hydrogen-bond donors (Lipinski definition) is 1. The minimum Gasteiger partial charge on any atom is -0.464 e. The Morgan fingerprint density at radius 3 is 2.36 bits per heavy atom. The van der Waals surface area contributed by atoms with Crippen LogP contribution in [0.2, 0.25) is 0 Å². The molecule has 1 N–H and O–H groups in total. The van der Waals surface area contributed by atoms with Gasteiger partial charge in [0, 0.05) is 18.0 Å². The van der Waals surface area contributed by atoms with Gasteiger partial charge in [-0.2, -0.15) is 0 Å². The van der Waals surface area contributed by atoms with E-state index in [1.807, 2.05) is 30.3 Å². The second-order valence-electron chi connectivity index (χ2n) is 6.18. The van der Waals surface area contributed by atoms with Gasteiger partial charge in [0.05, 0.1) is 19.1 Å². The zero-order chi connectivity index (χ0) is 18.4. The molecule has 2 aromatic rings. The van der Waals surface area contributed by atoms with Crippen LogP contribution in [0.3, 0.4) is 0 Å². The number of benzene rings is 1. The molecule has 0 unspecified atom stereocenters. The maximum Gasteiger partial charge on any atom is 0.412 e. The van der Waals surface area contributed by atoms with Gasteiger partial charge in [-0.15, -0.1) is 0 Å². The van der Waals surface area contributed by atoms with Crippen LogP contribution >= 0.6 is 0 Å². The monoisotopic (exact) mass is 343 g/mol. The third-order valence-corrected chi connectivity index (χ3v) is 3.06. The number of esters is 1. The fourth-order valence-corrected chi connectivity index (χ4v) is 2.12. The molecule has 0 radical (unpaired) electrons. The first-order chi connectivity index (χ1) is 11.8. The van der Waals surface area contributed by atoms with Gasteiger partial charge in [0.1, 0.15) is 5.60 Å². The summed E-state index contributed by atoms with van der Waals surface area (Å²) in [5.41, 5.74) is 0.390. The van der Waals surface area contributed by atoms with E-state index in [2.05, 4.69) is 10.3 Å². The van der Waals surface area contributed by atoms with Gasteiger partial charge >= 0.3 is 12.1 Å². The Morgan fingerprint density at radius 2 is 1.84 bits per heavy atom. The van der Waals surface area contributed by atoms with Crippen molar-refractivity contribution >= 4 is 17.8 Å². The van der Waals surface area contributed by atoms with Crippen LogP contribution in [0.15, 0.2) is 54.7 Å². The molecular weight excluding hydrogens is 322 g/mol. The standard InChI is InChI=1S/C18H21N3O4/c1-18(2,3)25-17(23)20-14(16(22)24-4)15(21-11-10-19-12-21)13-8-6-5-7-9-13/h5-12H,1-4H3,(H,20,23)/b15-14-. The first kappa shape index (κ1) is 18.3. The first-order valence-corrected chi connectivity index (χ1v) is 7.68. The van der Waals surface area contributed by atoms with Crippen LogP contribution in [-0.2, 0) is 14.3 Å². The number of rotatable bonds is 4. The lowest BCUT2D eigenvalue weighted by molar-refractivity contribution is -0.136. The normalized spacial score (nSPS) is 12.2. The molecule has 1 heterocycles. The molecule has 0 aliphatic rings. The van der Waals surface area contributed by atoms with E-state index in [0.29, 0.717) is 11.3 Å². The van der Waals surface area contributed by atoms with E-state index in [1.165, 1.54) is 13.4 Å². The SMILES string of the molecule is COC(=O)/C(NC(=O)OC(C)(C)C)=C(\c1ccccc1)n1ccnc1. The van der Waals surface area contributed by atoms with Gasteiger partial charge in [0.25, 0.3) is 0 Å². The molecular formula is C18H21N3O4. The summed E-state index contributed by atoms with van der Waals surface area (Å²) in [7, 11) is 1.25. The fraction of sp³-hybridized carbons (Fsp3) is 0.278. The topological polar surface area (TPSA) is 82.5 Å². The molecule has 0 saturated carbocycles. The van der Waals surface area contributed by atoms with E-state index < -0.39 is 17.7 Å². The van der Waals surface area contributed by atoms with Gasteiger partial charge in [-0.05, 0) is 20.8 Å². The molecule has 7 nitrogen and oxygen atoms in total. The molecule has 0 aliphatic carbocycles. The molecule has 132 valence electrons. The lowest BCUT2D eigenvalue weighted by Crippen LogP contribution is -2.35. The Bertz CT molecular complexity index is 759. The Hall–Kier alpha value is -3.09. The van der Waals surface area contributed by atoms with Gasteiger partial charge in [0.2, 0.25) is 0 Å². The number of nitrogens with zero attached hydrogens (tertiary/aromatic N) is 2. The van der Waals surface area contributed by atoms with Gasteiger partial charge in [0.15, 0.2) is 5.70 Å². The third-order valence-electron chi connectivity index (χ3n) is 3.06. The van der Waals surface area contributed by atoms with Crippen molar-refractivity contribution in [2.45, 2.75) is 26.4 Å². The van der Waals surface area contributed by atoms with Crippen LogP contribution in [0, 0.1) is 0 Å². The largest absolute Gasteiger partial charge is 0.464 e. The van der Waals surface area contributed by atoms with E-state index in [-0.39, 0.29) is 5.70 Å². The number of aromatic nitrogens is 2. The van der Waals surface area contributed by atoms with Gasteiger partial charge in [-0.1, -0.05) is 30.3 Å². The number of imidazole rings is 1. The van der Waals surface area contributed by atoms with E-state index >= 15 is 0 Å². The maximum atomic E-state index is 12.3. The molecule has 1 aromatic carbocycles. The van der Waals surface area contributed by atoms with E-state index in [9.17, 15) is 9.59 Å². The number of methoxy groups -OCH3 is 1. The van der Waals surface area contributed by atoms with E-state index in [0.717, 1.165) is 0 Å². The summed E-state index contributed by atoms with van der Waals surface area (Å²) in [6.07, 6.45) is 4.02. The minimum atomic E-state index is -0.749. The average Bonchev–Trinajstić information content (AvgIpc) is 3.07. The molecule has 7 heteroatoms. The van der Waals surface area contributed by atoms with Crippen LogP contribution in [0.25, 0.3) is 5.70 Å². The highest BCUT2D eigenvalue weighted by atomic mass is 16.6. The molecule has 0 saturated heterocycles. The quantitative estimate of drug-likeness (QED) is 0.682. The Kier molecular flexibility index (Phi) is 5.59. The van der Waals surface area contributed by atoms with Crippen molar-refractivity contribution in [1.82, 2.24) is 14.9 Å². The lowest BCUT2D eigenvalue weighted by Gasteiger charge is -2.21. The Morgan fingerprint density at radius 1 is 1.16 bits per heavy atom. The van der Waals surface area contributed by atoms with E-state index in [1.54, 1.807) is 37.7 Å². The van der Waals surface area contributed by atoms with Crippen molar-refractivity contribution in [3.8, 4) is 0 Å². The number of carbonyl (C=O) groups is 2. The van der Waals surface area contributed by atoms with Crippen LogP contribution in [0.1, 0.15) is 26.3 Å². The maximum absolute atomic E-state index is 12.3. The van der Waals surface area contributed by atoms with Crippen molar-refractivity contribution in [2.24, 2.45) is 0 Å². The predicted octanol–water partition coefficient (Wildman–Crippen LogP) is 2.80. The summed E-state index contributed by atoms with van der Waals surface area (Å²) < 4.78 is 11.7. The van der Waals surface area contributed by atoms with Crippen molar-refractivity contribution in [3.05, 3.63) is 60.3 Å². The lowest BCUT2D eigenvalue weighted by atomic mass is 10.1. The van der Waals surface area contributed by atoms with Crippen LogP contribution in [0.5, 0.6) is 0 Å². The molecule has 0 fully saturated rings. The fourth-order valence-electron chi connectivity index (χ4n) is 2.12. The van der Waals surface area contributed by atoms with Crippen molar-refractivity contribution in [2.75, 3.05) is 7.11 Å². The number of carbonyl (C=O) groups excluding carboxylic acids is 2. The van der Waals surface area contributed by atoms with Crippen molar-refractivity contribution in [1.29, 1.82) is 0 Å².